The molecule has 0 aliphatic rings. The molecule has 3 N–H and O–H groups in total. The minimum atomic E-state index is -5.16. The number of aliphatic hydroxyl groups excluding tert-OH is 1. The van der Waals surface area contributed by atoms with Gasteiger partial charge in [-0.15, -0.1) is 12.4 Å². The first-order valence-corrected chi connectivity index (χ1v) is 5.32. The van der Waals surface area contributed by atoms with Crippen molar-refractivity contribution < 1.29 is 40.2 Å². The average molecular weight is 360 g/mol. The van der Waals surface area contributed by atoms with Crippen LogP contribution in [0.3, 0.4) is 0 Å². The Kier molecular flexibility index (Phi) is 6.21. The molecule has 1 rings (SSSR count). The summed E-state index contributed by atoms with van der Waals surface area (Å²) in [5.74, 6) is -4.06. The highest BCUT2D eigenvalue weighted by molar-refractivity contribution is 5.85. The molecule has 0 amide bonds. The van der Waals surface area contributed by atoms with Gasteiger partial charge in [-0.1, -0.05) is 0 Å². The maximum absolute atomic E-state index is 13.2. The van der Waals surface area contributed by atoms with Gasteiger partial charge in [-0.3, -0.25) is 0 Å². The summed E-state index contributed by atoms with van der Waals surface area (Å²) in [7, 11) is 0. The van der Waals surface area contributed by atoms with Gasteiger partial charge in [-0.05, 0) is 23.8 Å². The second kappa shape index (κ2) is 6.55. The van der Waals surface area contributed by atoms with E-state index in [0.717, 1.165) is 0 Å². The van der Waals surface area contributed by atoms with Crippen LogP contribution in [0.5, 0.6) is 0 Å². The van der Waals surface area contributed by atoms with Crippen LogP contribution in [0.2, 0.25) is 0 Å². The van der Waals surface area contributed by atoms with Crippen LogP contribution >= 0.6 is 12.4 Å². The molecule has 0 fully saturated rings. The van der Waals surface area contributed by atoms with Crippen molar-refractivity contribution in [2.75, 3.05) is 6.61 Å². The van der Waals surface area contributed by atoms with Gasteiger partial charge in [0.2, 0.25) is 0 Å². The Morgan fingerprint density at radius 3 is 1.50 bits per heavy atom. The summed E-state index contributed by atoms with van der Waals surface area (Å²) in [6.45, 7) is -1.81. The van der Waals surface area contributed by atoms with E-state index in [1.807, 2.05) is 0 Å². The number of hydrogen-bond acceptors (Lipinski definition) is 2. The fraction of sp³-hybridized carbons (Fsp3) is 0.455. The normalized spacial score (nSPS) is 14.5. The van der Waals surface area contributed by atoms with Crippen molar-refractivity contribution in [1.29, 1.82) is 0 Å². The van der Waals surface area contributed by atoms with Crippen molar-refractivity contribution in [3.05, 3.63) is 34.9 Å². The van der Waals surface area contributed by atoms with Gasteiger partial charge >= 0.3 is 12.4 Å². The van der Waals surface area contributed by atoms with E-state index < -0.39 is 47.6 Å². The first-order valence-electron chi connectivity index (χ1n) is 5.32. The van der Waals surface area contributed by atoms with E-state index in [9.17, 15) is 35.1 Å². The summed E-state index contributed by atoms with van der Waals surface area (Å²) in [6.07, 6.45) is -10.3. The van der Waals surface area contributed by atoms with Crippen LogP contribution in [-0.4, -0.2) is 17.6 Å². The van der Waals surface area contributed by atoms with Gasteiger partial charge in [-0.25, -0.2) is 8.78 Å². The standard InChI is InChI=1S/C11H9F8NO.ClH/c12-9(13,4-21)8(20)5-1-6(10(14,15)16)3-7(2-5)11(17,18)19;/h1-3,8,21H,4,20H2;1H/t8-;/m0./s1. The zero-order valence-electron chi connectivity index (χ0n) is 10.5. The van der Waals surface area contributed by atoms with Crippen LogP contribution < -0.4 is 5.73 Å². The maximum atomic E-state index is 13.2. The predicted octanol–water partition coefficient (Wildman–Crippen LogP) is 3.77. The van der Waals surface area contributed by atoms with Crippen molar-refractivity contribution in [3.63, 3.8) is 0 Å². The fourth-order valence-electron chi connectivity index (χ4n) is 1.50. The van der Waals surface area contributed by atoms with E-state index >= 15 is 0 Å². The molecule has 0 saturated carbocycles. The minimum Gasteiger partial charge on any atom is -0.390 e. The molecule has 0 unspecified atom stereocenters. The molecule has 0 aromatic heterocycles. The summed E-state index contributed by atoms with van der Waals surface area (Å²) in [5, 5.41) is 8.41. The van der Waals surface area contributed by atoms with Gasteiger partial charge in [0.05, 0.1) is 17.2 Å². The van der Waals surface area contributed by atoms with Gasteiger partial charge in [0, 0.05) is 0 Å². The molecule has 0 saturated heterocycles. The Morgan fingerprint density at radius 1 is 0.864 bits per heavy atom. The highest BCUT2D eigenvalue weighted by atomic mass is 35.5. The van der Waals surface area contributed by atoms with Crippen LogP contribution in [0, 0.1) is 0 Å². The maximum Gasteiger partial charge on any atom is 0.416 e. The third-order valence-corrected chi connectivity index (χ3v) is 2.63. The second-order valence-electron chi connectivity index (χ2n) is 4.24. The largest absolute Gasteiger partial charge is 0.416 e. The molecular formula is C11H10ClF8NO. The lowest BCUT2D eigenvalue weighted by atomic mass is 9.96. The lowest BCUT2D eigenvalue weighted by molar-refractivity contribution is -0.143. The number of rotatable bonds is 3. The Hall–Kier alpha value is -1.13. The van der Waals surface area contributed by atoms with E-state index in [-0.39, 0.29) is 30.6 Å². The Bertz CT molecular complexity index is 482. The first kappa shape index (κ1) is 20.9. The van der Waals surface area contributed by atoms with Gasteiger partial charge in [0.1, 0.15) is 6.61 Å². The van der Waals surface area contributed by atoms with Crippen LogP contribution in [0.4, 0.5) is 35.1 Å². The molecule has 1 atom stereocenters. The van der Waals surface area contributed by atoms with Gasteiger partial charge in [-0.2, -0.15) is 26.3 Å². The molecule has 1 aromatic rings. The highest BCUT2D eigenvalue weighted by Crippen LogP contribution is 2.39. The molecule has 0 heterocycles. The molecule has 0 radical (unpaired) electrons. The van der Waals surface area contributed by atoms with E-state index in [0.29, 0.717) is 0 Å². The van der Waals surface area contributed by atoms with Gasteiger partial charge < -0.3 is 10.8 Å². The number of aliphatic hydroxyl groups is 1. The minimum absolute atomic E-state index is 0. The first-order chi connectivity index (χ1) is 9.29. The molecule has 0 aliphatic carbocycles. The van der Waals surface area contributed by atoms with E-state index in [4.69, 9.17) is 10.8 Å². The van der Waals surface area contributed by atoms with E-state index in [1.54, 1.807) is 0 Å². The monoisotopic (exact) mass is 359 g/mol. The van der Waals surface area contributed by atoms with Gasteiger partial charge in [0.25, 0.3) is 5.92 Å². The SMILES string of the molecule is Cl.N[C@@H](c1cc(C(F)(F)F)cc(C(F)(F)F)c1)C(F)(F)CO. The number of hydrogen-bond donors (Lipinski definition) is 2. The number of alkyl halides is 8. The quantitative estimate of drug-likeness (QED) is 0.807. The lowest BCUT2D eigenvalue weighted by Crippen LogP contribution is -2.36. The summed E-state index contributed by atoms with van der Waals surface area (Å²) < 4.78 is 101. The van der Waals surface area contributed by atoms with Crippen molar-refractivity contribution in [2.45, 2.75) is 24.3 Å². The van der Waals surface area contributed by atoms with Crippen molar-refractivity contribution in [3.8, 4) is 0 Å². The fourth-order valence-corrected chi connectivity index (χ4v) is 1.50. The molecule has 11 heteroatoms. The highest BCUT2D eigenvalue weighted by Gasteiger charge is 2.41. The van der Waals surface area contributed by atoms with Crippen LogP contribution in [0.15, 0.2) is 18.2 Å². The number of halogens is 9. The van der Waals surface area contributed by atoms with Crippen LogP contribution in [-0.2, 0) is 12.4 Å². The third kappa shape index (κ3) is 4.68. The summed E-state index contributed by atoms with van der Waals surface area (Å²) in [5.41, 5.74) is 0.384. The third-order valence-electron chi connectivity index (χ3n) is 2.63. The number of nitrogens with two attached hydrogens (primary N) is 1. The molecule has 0 aliphatic heterocycles. The van der Waals surface area contributed by atoms with Crippen LogP contribution in [0.1, 0.15) is 22.7 Å². The lowest BCUT2D eigenvalue weighted by Gasteiger charge is -2.23. The smallest absolute Gasteiger partial charge is 0.390 e. The zero-order valence-corrected chi connectivity index (χ0v) is 11.3. The van der Waals surface area contributed by atoms with Crippen molar-refractivity contribution in [1.82, 2.24) is 0 Å². The summed E-state index contributed by atoms with van der Waals surface area (Å²) in [6, 6.07) is -2.51. The van der Waals surface area contributed by atoms with Crippen molar-refractivity contribution in [2.24, 2.45) is 5.73 Å². The Morgan fingerprint density at radius 2 is 1.23 bits per heavy atom. The second-order valence-corrected chi connectivity index (χ2v) is 4.24. The summed E-state index contributed by atoms with van der Waals surface area (Å²) in [4.78, 5) is 0. The van der Waals surface area contributed by atoms with Gasteiger partial charge in [0.15, 0.2) is 0 Å². The summed E-state index contributed by atoms with van der Waals surface area (Å²) >= 11 is 0. The molecule has 1 aromatic carbocycles. The Labute approximate surface area is 125 Å². The number of benzene rings is 1. The molecule has 22 heavy (non-hydrogen) atoms. The predicted molar refractivity (Wildman–Crippen MR) is 62.7 cm³/mol. The molecule has 2 nitrogen and oxygen atoms in total. The van der Waals surface area contributed by atoms with Crippen LogP contribution in [0.25, 0.3) is 0 Å². The molecule has 0 bridgehead atoms. The van der Waals surface area contributed by atoms with E-state index in [2.05, 4.69) is 0 Å². The Balaban J connectivity index is 0.00000441. The molecule has 128 valence electrons. The van der Waals surface area contributed by atoms with Crippen molar-refractivity contribution >= 4 is 12.4 Å². The average Bonchev–Trinajstić information content (AvgIpc) is 2.35. The topological polar surface area (TPSA) is 46.2 Å². The molecule has 0 spiro atoms. The van der Waals surface area contributed by atoms with E-state index in [1.165, 1.54) is 0 Å². The molecular weight excluding hydrogens is 350 g/mol. The zero-order chi connectivity index (χ0) is 16.6.